The molecule has 1 aliphatic heterocycles. The Morgan fingerprint density at radius 3 is 1.33 bits per heavy atom. The molecule has 6 amide bonds. The predicted molar refractivity (Wildman–Crippen MR) is 211 cm³/mol. The summed E-state index contributed by atoms with van der Waals surface area (Å²) in [6, 6.07) is 8.38. The minimum atomic E-state index is -1.72. The highest BCUT2D eigenvalue weighted by molar-refractivity contribution is 5.97. The van der Waals surface area contributed by atoms with Gasteiger partial charge in [-0.05, 0) is 65.9 Å². The normalized spacial score (nSPS) is 16.0. The van der Waals surface area contributed by atoms with Crippen molar-refractivity contribution in [2.45, 2.75) is 68.4 Å². The molecule has 3 aromatic carbocycles. The number of phenols is 3. The summed E-state index contributed by atoms with van der Waals surface area (Å²) >= 11 is 0. The molecule has 20 nitrogen and oxygen atoms in total. The molecular weight excluding hydrogens is 786 g/mol. The number of amides is 6. The molecule has 20 heteroatoms. The van der Waals surface area contributed by atoms with Gasteiger partial charge >= 0.3 is 5.97 Å². The van der Waals surface area contributed by atoms with Gasteiger partial charge in [-0.1, -0.05) is 36.4 Å². The Kier molecular flexibility index (Phi) is 16.7. The average Bonchev–Trinajstić information content (AvgIpc) is 3.73. The third-order valence-corrected chi connectivity index (χ3v) is 9.66. The van der Waals surface area contributed by atoms with Gasteiger partial charge in [-0.2, -0.15) is 0 Å². The van der Waals surface area contributed by atoms with Gasteiger partial charge in [0.05, 0.1) is 19.8 Å². The number of aliphatic carboxylic acids is 1. The monoisotopic (exact) mass is 835 g/mol. The van der Waals surface area contributed by atoms with Crippen LogP contribution >= 0.6 is 0 Å². The highest BCUT2D eigenvalue weighted by Gasteiger charge is 2.39. The van der Waals surface area contributed by atoms with Crippen LogP contribution in [0.2, 0.25) is 0 Å². The summed E-state index contributed by atoms with van der Waals surface area (Å²) in [6.45, 7) is -2.09. The zero-order chi connectivity index (χ0) is 43.9. The summed E-state index contributed by atoms with van der Waals surface area (Å²) < 4.78 is 0. The third-order valence-electron chi connectivity index (χ3n) is 9.66. The van der Waals surface area contributed by atoms with Gasteiger partial charge in [-0.15, -0.1) is 0 Å². The first-order valence-corrected chi connectivity index (χ1v) is 18.9. The molecule has 1 saturated heterocycles. The largest absolute Gasteiger partial charge is 0.508 e. The summed E-state index contributed by atoms with van der Waals surface area (Å²) in [4.78, 5) is 93.9. The summed E-state index contributed by atoms with van der Waals surface area (Å²) in [5, 5.41) is 70.7. The van der Waals surface area contributed by atoms with Crippen molar-refractivity contribution in [2.75, 3.05) is 26.3 Å². The van der Waals surface area contributed by atoms with Crippen LogP contribution in [0.3, 0.4) is 0 Å². The number of rotatable bonds is 20. The number of aliphatic hydroxyl groups is 2. The quantitative estimate of drug-likeness (QED) is 0.0551. The summed E-state index contributed by atoms with van der Waals surface area (Å²) in [5.74, 6) is -6.82. The van der Waals surface area contributed by atoms with Crippen molar-refractivity contribution in [3.05, 3.63) is 89.5 Å². The van der Waals surface area contributed by atoms with Crippen LogP contribution in [0.1, 0.15) is 29.5 Å². The number of carboxylic acid groups (broad SMARTS) is 1. The lowest BCUT2D eigenvalue weighted by Crippen LogP contribution is -2.60. The third kappa shape index (κ3) is 13.1. The number of phenolic OH excluding ortho intramolecular Hbond substituents is 3. The van der Waals surface area contributed by atoms with Gasteiger partial charge in [-0.3, -0.25) is 28.8 Å². The number of hydrogen-bond acceptors (Lipinski definition) is 13. The zero-order valence-electron chi connectivity index (χ0n) is 32.3. The Bertz CT molecular complexity index is 1980. The number of aliphatic hydroxyl groups excluding tert-OH is 2. The smallest absolute Gasteiger partial charge is 0.328 e. The predicted octanol–water partition coefficient (Wildman–Crippen LogP) is -2.73. The van der Waals surface area contributed by atoms with E-state index in [4.69, 9.17) is 5.73 Å². The van der Waals surface area contributed by atoms with Gasteiger partial charge in [0.2, 0.25) is 35.4 Å². The molecular formula is C40H49N7O13. The molecule has 0 aliphatic carbocycles. The van der Waals surface area contributed by atoms with Crippen molar-refractivity contribution in [3.8, 4) is 17.2 Å². The Labute approximate surface area is 343 Å². The van der Waals surface area contributed by atoms with Crippen molar-refractivity contribution in [1.29, 1.82) is 0 Å². The molecule has 4 rings (SSSR count). The van der Waals surface area contributed by atoms with E-state index in [0.717, 1.165) is 0 Å². The number of aromatic hydroxyl groups is 3. The molecule has 6 atom stereocenters. The first-order chi connectivity index (χ1) is 28.6. The lowest BCUT2D eigenvalue weighted by Gasteiger charge is -2.30. The van der Waals surface area contributed by atoms with E-state index in [1.807, 2.05) is 0 Å². The minimum Gasteiger partial charge on any atom is -0.508 e. The number of likely N-dealkylation sites (tertiary alicyclic amines) is 1. The highest BCUT2D eigenvalue weighted by Crippen LogP contribution is 2.20. The lowest BCUT2D eigenvalue weighted by molar-refractivity contribution is -0.143. The molecule has 1 aliphatic rings. The molecule has 0 unspecified atom stereocenters. The fourth-order valence-electron chi connectivity index (χ4n) is 6.44. The van der Waals surface area contributed by atoms with E-state index in [0.29, 0.717) is 23.1 Å². The summed E-state index contributed by atoms with van der Waals surface area (Å²) in [6.07, 6.45) is -0.0771. The van der Waals surface area contributed by atoms with Gasteiger partial charge in [0, 0.05) is 25.8 Å². The number of carbonyl (C=O) groups excluding carboxylic acids is 6. The second-order valence-electron chi connectivity index (χ2n) is 14.1. The Morgan fingerprint density at radius 1 is 0.583 bits per heavy atom. The zero-order valence-corrected chi connectivity index (χ0v) is 32.3. The minimum absolute atomic E-state index is 0.0748. The van der Waals surface area contributed by atoms with Gasteiger partial charge < -0.3 is 67.9 Å². The van der Waals surface area contributed by atoms with Crippen molar-refractivity contribution in [3.63, 3.8) is 0 Å². The van der Waals surface area contributed by atoms with E-state index < -0.39 is 97.4 Å². The number of carbonyl (C=O) groups is 7. The molecule has 3 aromatic rings. The Balaban J connectivity index is 1.65. The number of nitrogens with one attached hydrogen (secondary N) is 5. The van der Waals surface area contributed by atoms with Crippen LogP contribution in [-0.2, 0) is 52.8 Å². The topological polar surface area (TPSA) is 330 Å². The van der Waals surface area contributed by atoms with Crippen molar-refractivity contribution >= 4 is 41.4 Å². The van der Waals surface area contributed by atoms with Crippen molar-refractivity contribution < 1.29 is 64.2 Å². The summed E-state index contributed by atoms with van der Waals surface area (Å²) in [7, 11) is 0. The summed E-state index contributed by atoms with van der Waals surface area (Å²) in [5.41, 5.74) is 6.69. The van der Waals surface area contributed by atoms with Crippen molar-refractivity contribution in [2.24, 2.45) is 5.73 Å². The maximum absolute atomic E-state index is 14.3. The molecule has 0 radical (unpaired) electrons. The van der Waals surface area contributed by atoms with Crippen LogP contribution in [0.15, 0.2) is 72.8 Å². The van der Waals surface area contributed by atoms with Gasteiger partial charge in [0.25, 0.3) is 0 Å². The highest BCUT2D eigenvalue weighted by atomic mass is 16.4. The van der Waals surface area contributed by atoms with Crippen LogP contribution in [0.4, 0.5) is 0 Å². The van der Waals surface area contributed by atoms with Crippen LogP contribution in [0.25, 0.3) is 0 Å². The van der Waals surface area contributed by atoms with E-state index >= 15 is 0 Å². The van der Waals surface area contributed by atoms with E-state index in [2.05, 4.69) is 26.6 Å². The second-order valence-corrected chi connectivity index (χ2v) is 14.1. The van der Waals surface area contributed by atoms with Crippen LogP contribution in [0, 0.1) is 0 Å². The number of benzene rings is 3. The molecule has 0 spiro atoms. The van der Waals surface area contributed by atoms with E-state index in [9.17, 15) is 64.2 Å². The van der Waals surface area contributed by atoms with Gasteiger partial charge in [-0.25, -0.2) is 4.79 Å². The van der Waals surface area contributed by atoms with Crippen LogP contribution in [0.5, 0.6) is 17.2 Å². The fourth-order valence-corrected chi connectivity index (χ4v) is 6.44. The molecule has 1 heterocycles. The number of carboxylic acids is 1. The Morgan fingerprint density at radius 2 is 0.967 bits per heavy atom. The maximum atomic E-state index is 14.3. The van der Waals surface area contributed by atoms with Gasteiger partial charge in [0.15, 0.2) is 0 Å². The number of nitrogens with zero attached hydrogens (tertiary/aromatic N) is 1. The standard InChI is InChI=1S/C40H49N7O13/c41-19-34(53)42-31(20-48)39(58)47-15-1-2-33(47)38(57)45-30(18-24-7-13-27(52)14-8-24)36(55)43-28(16-22-3-9-25(50)10-4-22)35(54)44-29(17-23-5-11-26(51)12-6-23)37(56)46-32(21-49)40(59)60/h3-14,28-33,48-52H,1-2,15-21,41H2,(H,42,53)(H,43,55)(H,44,54)(H,45,57)(H,46,56)(H,59,60)/t28-,29-,30-,31-,32-,33-/m0/s1. The average molecular weight is 836 g/mol. The van der Waals surface area contributed by atoms with E-state index in [1.54, 1.807) is 0 Å². The molecule has 1 fully saturated rings. The molecule has 0 bridgehead atoms. The van der Waals surface area contributed by atoms with Crippen LogP contribution in [-0.4, -0.2) is 140 Å². The van der Waals surface area contributed by atoms with E-state index in [1.165, 1.54) is 77.7 Å². The lowest BCUT2D eigenvalue weighted by atomic mass is 10.0. The number of hydrogen-bond donors (Lipinski definition) is 12. The Hall–Kier alpha value is -6.77. The first kappa shape index (κ1) is 45.9. The SMILES string of the molecule is NCC(=O)N[C@@H](CO)C(=O)N1CCC[C@H]1C(=O)N[C@@H](Cc1ccc(O)cc1)C(=O)N[C@@H](Cc1ccc(O)cc1)C(=O)N[C@@H](Cc1ccc(O)cc1)C(=O)N[C@@H](CO)C(=O)O. The van der Waals surface area contributed by atoms with Gasteiger partial charge in [0.1, 0.15) is 53.5 Å². The molecule has 13 N–H and O–H groups in total. The fraction of sp³-hybridized carbons (Fsp3) is 0.375. The molecule has 0 aromatic heterocycles. The van der Waals surface area contributed by atoms with E-state index in [-0.39, 0.29) is 49.5 Å². The van der Waals surface area contributed by atoms with Crippen LogP contribution < -0.4 is 32.3 Å². The molecule has 322 valence electrons. The first-order valence-electron chi connectivity index (χ1n) is 18.9. The molecule has 0 saturated carbocycles. The maximum Gasteiger partial charge on any atom is 0.328 e. The second kappa shape index (κ2) is 21.8. The molecule has 60 heavy (non-hydrogen) atoms. The number of nitrogens with two attached hydrogens (primary N) is 1. The van der Waals surface area contributed by atoms with Crippen molar-refractivity contribution in [1.82, 2.24) is 31.5 Å².